The first-order valence-electron chi connectivity index (χ1n) is 5.00. The summed E-state index contributed by atoms with van der Waals surface area (Å²) < 4.78 is 0. The van der Waals surface area contributed by atoms with E-state index in [9.17, 15) is 4.79 Å². The van der Waals surface area contributed by atoms with E-state index in [0.29, 0.717) is 17.9 Å². The molecule has 2 heterocycles. The van der Waals surface area contributed by atoms with E-state index >= 15 is 0 Å². The number of hydrogen-bond acceptors (Lipinski definition) is 3. The summed E-state index contributed by atoms with van der Waals surface area (Å²) in [5.41, 5.74) is 6.59. The number of aromatic nitrogens is 1. The monoisotopic (exact) mass is 235 g/mol. The molecule has 0 saturated heterocycles. The first kappa shape index (κ1) is 10.8. The maximum atomic E-state index is 11.6. The summed E-state index contributed by atoms with van der Waals surface area (Å²) in [6.45, 7) is 0.637. The molecule has 0 saturated carbocycles. The number of carbonyl (C=O) groups is 1. The SMILES string of the molecule is Nc1c[nH]c(C(=O)NCCc2cccs2)c1. The van der Waals surface area contributed by atoms with Crippen molar-refractivity contribution in [1.29, 1.82) is 0 Å². The summed E-state index contributed by atoms with van der Waals surface area (Å²) >= 11 is 1.70. The van der Waals surface area contributed by atoms with Gasteiger partial charge in [0.1, 0.15) is 5.69 Å². The normalized spacial score (nSPS) is 10.2. The van der Waals surface area contributed by atoms with Crippen molar-refractivity contribution >= 4 is 22.9 Å². The van der Waals surface area contributed by atoms with Crippen molar-refractivity contribution in [2.75, 3.05) is 12.3 Å². The largest absolute Gasteiger partial charge is 0.397 e. The molecule has 2 rings (SSSR count). The highest BCUT2D eigenvalue weighted by Gasteiger charge is 2.06. The highest BCUT2D eigenvalue weighted by molar-refractivity contribution is 7.09. The molecule has 0 bridgehead atoms. The lowest BCUT2D eigenvalue weighted by atomic mass is 10.3. The number of amides is 1. The van der Waals surface area contributed by atoms with Crippen molar-refractivity contribution < 1.29 is 4.79 Å². The van der Waals surface area contributed by atoms with Gasteiger partial charge in [-0.15, -0.1) is 11.3 Å². The molecule has 5 heteroatoms. The number of rotatable bonds is 4. The van der Waals surface area contributed by atoms with Crippen LogP contribution in [0.3, 0.4) is 0 Å². The fourth-order valence-electron chi connectivity index (χ4n) is 1.39. The fourth-order valence-corrected chi connectivity index (χ4v) is 2.10. The average molecular weight is 235 g/mol. The van der Waals surface area contributed by atoms with Gasteiger partial charge in [0.05, 0.1) is 0 Å². The van der Waals surface area contributed by atoms with E-state index in [1.165, 1.54) is 4.88 Å². The first-order valence-corrected chi connectivity index (χ1v) is 5.88. The van der Waals surface area contributed by atoms with Crippen LogP contribution in [0.25, 0.3) is 0 Å². The number of nitrogens with one attached hydrogen (secondary N) is 2. The summed E-state index contributed by atoms with van der Waals surface area (Å²) in [6, 6.07) is 5.69. The van der Waals surface area contributed by atoms with Gasteiger partial charge in [0.2, 0.25) is 0 Å². The maximum absolute atomic E-state index is 11.6. The zero-order valence-corrected chi connectivity index (χ0v) is 9.51. The third-order valence-electron chi connectivity index (χ3n) is 2.19. The Morgan fingerprint density at radius 1 is 1.56 bits per heavy atom. The predicted octanol–water partition coefficient (Wildman–Crippen LogP) is 1.63. The van der Waals surface area contributed by atoms with Crippen LogP contribution >= 0.6 is 11.3 Å². The zero-order chi connectivity index (χ0) is 11.4. The van der Waals surface area contributed by atoms with Gasteiger partial charge < -0.3 is 16.0 Å². The van der Waals surface area contributed by atoms with E-state index in [1.807, 2.05) is 11.4 Å². The van der Waals surface area contributed by atoms with Gasteiger partial charge in [0.25, 0.3) is 5.91 Å². The molecule has 0 aliphatic carbocycles. The highest BCUT2D eigenvalue weighted by Crippen LogP contribution is 2.08. The van der Waals surface area contributed by atoms with Gasteiger partial charge in [-0.1, -0.05) is 6.07 Å². The molecule has 0 aliphatic rings. The molecule has 4 nitrogen and oxygen atoms in total. The molecule has 0 fully saturated rings. The Balaban J connectivity index is 1.80. The molecule has 0 radical (unpaired) electrons. The van der Waals surface area contributed by atoms with Crippen LogP contribution in [-0.2, 0) is 6.42 Å². The standard InChI is InChI=1S/C11H13N3OS/c12-8-6-10(14-7-8)11(15)13-4-3-9-2-1-5-16-9/h1-2,5-7,14H,3-4,12H2,(H,13,15). The average Bonchev–Trinajstić information content (AvgIpc) is 2.89. The Labute approximate surface area is 97.5 Å². The molecule has 2 aromatic heterocycles. The number of carbonyl (C=O) groups excluding carboxylic acids is 1. The van der Waals surface area contributed by atoms with Crippen LogP contribution in [-0.4, -0.2) is 17.4 Å². The molecule has 0 spiro atoms. The maximum Gasteiger partial charge on any atom is 0.267 e. The van der Waals surface area contributed by atoms with Crippen LogP contribution in [0.1, 0.15) is 15.4 Å². The summed E-state index contributed by atoms with van der Waals surface area (Å²) in [4.78, 5) is 15.7. The molecule has 16 heavy (non-hydrogen) atoms. The van der Waals surface area contributed by atoms with Gasteiger partial charge in [-0.2, -0.15) is 0 Å². The number of aromatic amines is 1. The molecule has 84 valence electrons. The molecular formula is C11H13N3OS. The van der Waals surface area contributed by atoms with Crippen LogP contribution in [0.2, 0.25) is 0 Å². The number of H-pyrrole nitrogens is 1. The van der Waals surface area contributed by atoms with Crippen LogP contribution in [0.5, 0.6) is 0 Å². The lowest BCUT2D eigenvalue weighted by Gasteiger charge is -2.01. The second-order valence-electron chi connectivity index (χ2n) is 3.43. The lowest BCUT2D eigenvalue weighted by molar-refractivity contribution is 0.0950. The number of hydrogen-bond donors (Lipinski definition) is 3. The first-order chi connectivity index (χ1) is 7.75. The molecule has 0 aliphatic heterocycles. The molecule has 4 N–H and O–H groups in total. The van der Waals surface area contributed by atoms with Crippen molar-refractivity contribution in [2.45, 2.75) is 6.42 Å². The second kappa shape index (κ2) is 4.85. The smallest absolute Gasteiger partial charge is 0.267 e. The van der Waals surface area contributed by atoms with Gasteiger partial charge in [-0.25, -0.2) is 0 Å². The summed E-state index contributed by atoms with van der Waals surface area (Å²) in [7, 11) is 0. The minimum absolute atomic E-state index is 0.117. The van der Waals surface area contributed by atoms with Crippen LogP contribution in [0, 0.1) is 0 Å². The van der Waals surface area contributed by atoms with Crippen molar-refractivity contribution in [3.8, 4) is 0 Å². The molecule has 0 unspecified atom stereocenters. The Bertz CT molecular complexity index is 461. The van der Waals surface area contributed by atoms with Crippen molar-refractivity contribution in [1.82, 2.24) is 10.3 Å². The molecule has 1 amide bonds. The van der Waals surface area contributed by atoms with Crippen molar-refractivity contribution in [3.05, 3.63) is 40.3 Å². The minimum atomic E-state index is -0.117. The molecule has 0 aromatic carbocycles. The number of nitrogen functional groups attached to an aromatic ring is 1. The number of thiophene rings is 1. The number of nitrogens with two attached hydrogens (primary N) is 1. The Morgan fingerprint density at radius 3 is 3.06 bits per heavy atom. The van der Waals surface area contributed by atoms with E-state index < -0.39 is 0 Å². The zero-order valence-electron chi connectivity index (χ0n) is 8.69. The summed E-state index contributed by atoms with van der Waals surface area (Å²) in [5.74, 6) is -0.117. The van der Waals surface area contributed by atoms with E-state index in [2.05, 4.69) is 16.4 Å². The number of anilines is 1. The van der Waals surface area contributed by atoms with Gasteiger partial charge in [0, 0.05) is 23.3 Å². The summed E-state index contributed by atoms with van der Waals surface area (Å²) in [6.07, 6.45) is 2.47. The molecular weight excluding hydrogens is 222 g/mol. The fraction of sp³-hybridized carbons (Fsp3) is 0.182. The van der Waals surface area contributed by atoms with E-state index in [1.54, 1.807) is 23.6 Å². The van der Waals surface area contributed by atoms with Crippen LogP contribution in [0.4, 0.5) is 5.69 Å². The topological polar surface area (TPSA) is 70.9 Å². The van der Waals surface area contributed by atoms with Gasteiger partial charge in [0.15, 0.2) is 0 Å². The van der Waals surface area contributed by atoms with Crippen molar-refractivity contribution in [3.63, 3.8) is 0 Å². The van der Waals surface area contributed by atoms with Crippen molar-refractivity contribution in [2.24, 2.45) is 0 Å². The minimum Gasteiger partial charge on any atom is -0.397 e. The van der Waals surface area contributed by atoms with Gasteiger partial charge >= 0.3 is 0 Å². The Hall–Kier alpha value is -1.75. The summed E-state index contributed by atoms with van der Waals surface area (Å²) in [5, 5.41) is 4.86. The Morgan fingerprint density at radius 2 is 2.44 bits per heavy atom. The molecule has 0 atom stereocenters. The van der Waals surface area contributed by atoms with E-state index in [4.69, 9.17) is 5.73 Å². The van der Waals surface area contributed by atoms with Gasteiger partial charge in [-0.05, 0) is 23.9 Å². The highest BCUT2D eigenvalue weighted by atomic mass is 32.1. The van der Waals surface area contributed by atoms with Crippen LogP contribution in [0.15, 0.2) is 29.8 Å². The molecule has 2 aromatic rings. The van der Waals surface area contributed by atoms with Crippen LogP contribution < -0.4 is 11.1 Å². The van der Waals surface area contributed by atoms with E-state index in [-0.39, 0.29) is 5.91 Å². The lowest BCUT2D eigenvalue weighted by Crippen LogP contribution is -2.25. The Kier molecular flexibility index (Phi) is 3.26. The van der Waals surface area contributed by atoms with Gasteiger partial charge in [-0.3, -0.25) is 4.79 Å². The quantitative estimate of drug-likeness (QED) is 0.753. The predicted molar refractivity (Wildman–Crippen MR) is 65.6 cm³/mol. The second-order valence-corrected chi connectivity index (χ2v) is 4.46. The third kappa shape index (κ3) is 2.64. The third-order valence-corrected chi connectivity index (χ3v) is 3.12. The van der Waals surface area contributed by atoms with E-state index in [0.717, 1.165) is 6.42 Å².